The number of fused-ring (bicyclic) bond motifs is 1. The van der Waals surface area contributed by atoms with Gasteiger partial charge < -0.3 is 9.47 Å². The normalized spacial score (nSPS) is 16.2. The number of sulfonamides is 1. The second-order valence-electron chi connectivity index (χ2n) is 6.02. The first-order valence-corrected chi connectivity index (χ1v) is 9.72. The quantitative estimate of drug-likeness (QED) is 0.733. The summed E-state index contributed by atoms with van der Waals surface area (Å²) in [7, 11) is -0.813. The van der Waals surface area contributed by atoms with Crippen molar-refractivity contribution in [3.05, 3.63) is 53.6 Å². The fraction of sp³-hybridized carbons (Fsp3) is 0.300. The molecule has 0 aliphatic heterocycles. The number of aryl methyl sites for hydroxylation is 1. The summed E-state index contributed by atoms with van der Waals surface area (Å²) in [5, 5.41) is 0. The molecule has 1 aliphatic carbocycles. The molecule has 0 amide bonds. The van der Waals surface area contributed by atoms with Crippen LogP contribution in [0.4, 0.5) is 0 Å². The molecule has 0 saturated heterocycles. The van der Waals surface area contributed by atoms with Gasteiger partial charge in [-0.2, -0.15) is 4.31 Å². The predicted octanol–water partition coefficient (Wildman–Crippen LogP) is 3.02. The maximum Gasteiger partial charge on any atom is 0.244 e. The number of rotatable bonds is 6. The van der Waals surface area contributed by atoms with Crippen LogP contribution in [0.5, 0.6) is 11.5 Å². The first-order chi connectivity index (χ1) is 12.5. The van der Waals surface area contributed by atoms with Gasteiger partial charge in [0, 0.05) is 6.07 Å². The van der Waals surface area contributed by atoms with Crippen LogP contribution in [0.1, 0.15) is 23.6 Å². The SMILES string of the molecule is C#CCN(C1CCc2ccccc21)S(=O)(=O)c1ccc(OC)c(OC)c1. The molecule has 0 fully saturated rings. The summed E-state index contributed by atoms with van der Waals surface area (Å²) in [4.78, 5) is 0.134. The van der Waals surface area contributed by atoms with Crippen LogP contribution in [-0.4, -0.2) is 33.5 Å². The first kappa shape index (κ1) is 18.3. The lowest BCUT2D eigenvalue weighted by molar-refractivity contribution is 0.347. The van der Waals surface area contributed by atoms with E-state index in [1.807, 2.05) is 24.3 Å². The number of methoxy groups -OCH3 is 2. The molecule has 0 radical (unpaired) electrons. The fourth-order valence-corrected chi connectivity index (χ4v) is 4.96. The summed E-state index contributed by atoms with van der Waals surface area (Å²) < 4.78 is 38.5. The molecule has 0 bridgehead atoms. The van der Waals surface area contributed by atoms with Gasteiger partial charge in [0.15, 0.2) is 11.5 Å². The highest BCUT2D eigenvalue weighted by Crippen LogP contribution is 2.39. The maximum atomic E-state index is 13.3. The summed E-state index contributed by atoms with van der Waals surface area (Å²) in [6.07, 6.45) is 7.05. The molecule has 1 atom stereocenters. The van der Waals surface area contributed by atoms with Crippen molar-refractivity contribution >= 4 is 10.0 Å². The molecule has 136 valence electrons. The summed E-state index contributed by atoms with van der Waals surface area (Å²) >= 11 is 0. The van der Waals surface area contributed by atoms with E-state index in [0.29, 0.717) is 17.9 Å². The smallest absolute Gasteiger partial charge is 0.244 e. The van der Waals surface area contributed by atoms with Crippen molar-refractivity contribution in [1.29, 1.82) is 0 Å². The van der Waals surface area contributed by atoms with E-state index in [9.17, 15) is 8.42 Å². The van der Waals surface area contributed by atoms with Gasteiger partial charge in [-0.15, -0.1) is 6.42 Å². The lowest BCUT2D eigenvalue weighted by Gasteiger charge is -2.27. The Balaban J connectivity index is 2.04. The highest BCUT2D eigenvalue weighted by molar-refractivity contribution is 7.89. The molecule has 0 saturated carbocycles. The molecule has 2 aromatic carbocycles. The van der Waals surface area contributed by atoms with Crippen molar-refractivity contribution in [3.63, 3.8) is 0 Å². The van der Waals surface area contributed by atoms with Crippen LogP contribution in [0.3, 0.4) is 0 Å². The molecule has 0 N–H and O–H groups in total. The van der Waals surface area contributed by atoms with Gasteiger partial charge in [-0.25, -0.2) is 8.42 Å². The lowest BCUT2D eigenvalue weighted by atomic mass is 10.1. The fourth-order valence-electron chi connectivity index (χ4n) is 3.40. The average Bonchev–Trinajstić information content (AvgIpc) is 3.09. The Kier molecular flexibility index (Phi) is 5.21. The number of nitrogens with zero attached hydrogens (tertiary/aromatic N) is 1. The van der Waals surface area contributed by atoms with Gasteiger partial charge in [0.2, 0.25) is 10.0 Å². The Hall–Kier alpha value is -2.49. The molecular weight excluding hydrogens is 350 g/mol. The second-order valence-corrected chi connectivity index (χ2v) is 7.92. The second kappa shape index (κ2) is 7.40. The minimum absolute atomic E-state index is 0.00960. The Morgan fingerprint density at radius 1 is 1.15 bits per heavy atom. The van der Waals surface area contributed by atoms with E-state index in [2.05, 4.69) is 5.92 Å². The van der Waals surface area contributed by atoms with Gasteiger partial charge in [0.1, 0.15) is 0 Å². The van der Waals surface area contributed by atoms with Crippen LogP contribution < -0.4 is 9.47 Å². The van der Waals surface area contributed by atoms with Crippen molar-refractivity contribution in [2.75, 3.05) is 20.8 Å². The summed E-state index contributed by atoms with van der Waals surface area (Å²) in [6.45, 7) is 0.00960. The van der Waals surface area contributed by atoms with Gasteiger partial charge in [-0.3, -0.25) is 0 Å². The van der Waals surface area contributed by atoms with E-state index in [1.54, 1.807) is 6.07 Å². The zero-order valence-corrected chi connectivity index (χ0v) is 15.6. The molecule has 1 unspecified atom stereocenters. The number of hydrogen-bond acceptors (Lipinski definition) is 4. The monoisotopic (exact) mass is 371 g/mol. The first-order valence-electron chi connectivity index (χ1n) is 8.28. The van der Waals surface area contributed by atoms with E-state index < -0.39 is 10.0 Å². The number of hydrogen-bond donors (Lipinski definition) is 0. The zero-order valence-electron chi connectivity index (χ0n) is 14.8. The molecule has 26 heavy (non-hydrogen) atoms. The Morgan fingerprint density at radius 3 is 2.58 bits per heavy atom. The predicted molar refractivity (Wildman–Crippen MR) is 99.8 cm³/mol. The van der Waals surface area contributed by atoms with Crippen LogP contribution in [0, 0.1) is 12.3 Å². The number of terminal acetylenes is 1. The van der Waals surface area contributed by atoms with E-state index in [1.165, 1.54) is 36.2 Å². The molecule has 2 aromatic rings. The number of benzene rings is 2. The molecule has 0 spiro atoms. The van der Waals surface area contributed by atoms with E-state index in [0.717, 1.165) is 12.0 Å². The summed E-state index contributed by atoms with van der Waals surface area (Å²) in [6, 6.07) is 12.2. The van der Waals surface area contributed by atoms with Crippen molar-refractivity contribution in [2.24, 2.45) is 0 Å². The van der Waals surface area contributed by atoms with Crippen LogP contribution in [0.25, 0.3) is 0 Å². The maximum absolute atomic E-state index is 13.3. The van der Waals surface area contributed by atoms with Crippen LogP contribution in [0.15, 0.2) is 47.4 Å². The van der Waals surface area contributed by atoms with E-state index in [-0.39, 0.29) is 17.5 Å². The highest BCUT2D eigenvalue weighted by Gasteiger charge is 2.36. The molecule has 6 heteroatoms. The van der Waals surface area contributed by atoms with Crippen molar-refractivity contribution in [1.82, 2.24) is 4.31 Å². The van der Waals surface area contributed by atoms with Crippen molar-refractivity contribution < 1.29 is 17.9 Å². The molecule has 0 heterocycles. The van der Waals surface area contributed by atoms with Crippen molar-refractivity contribution in [2.45, 2.75) is 23.8 Å². The highest BCUT2D eigenvalue weighted by atomic mass is 32.2. The van der Waals surface area contributed by atoms with Gasteiger partial charge in [0.05, 0.1) is 31.7 Å². The Labute approximate surface area is 154 Å². The number of ether oxygens (including phenoxy) is 2. The van der Waals surface area contributed by atoms with E-state index in [4.69, 9.17) is 15.9 Å². The van der Waals surface area contributed by atoms with Crippen molar-refractivity contribution in [3.8, 4) is 23.8 Å². The molecule has 5 nitrogen and oxygen atoms in total. The Bertz CT molecular complexity index is 947. The Morgan fingerprint density at radius 2 is 1.88 bits per heavy atom. The third-order valence-electron chi connectivity index (χ3n) is 4.66. The standard InChI is InChI=1S/C20H21NO4S/c1-4-13-21(18-11-9-15-7-5-6-8-17(15)18)26(22,23)16-10-12-19(24-2)20(14-16)25-3/h1,5-8,10,12,14,18H,9,11,13H2,2-3H3. The van der Waals surface area contributed by atoms with Crippen LogP contribution in [0.2, 0.25) is 0 Å². The third-order valence-corrected chi connectivity index (χ3v) is 6.51. The van der Waals surface area contributed by atoms with Crippen LogP contribution in [-0.2, 0) is 16.4 Å². The molecule has 1 aliphatic rings. The zero-order chi connectivity index (χ0) is 18.7. The topological polar surface area (TPSA) is 55.8 Å². The summed E-state index contributed by atoms with van der Waals surface area (Å²) in [5.41, 5.74) is 2.19. The summed E-state index contributed by atoms with van der Waals surface area (Å²) in [5.74, 6) is 3.33. The van der Waals surface area contributed by atoms with E-state index >= 15 is 0 Å². The molecule has 3 rings (SSSR count). The molecular formula is C20H21NO4S. The van der Waals surface area contributed by atoms with Gasteiger partial charge in [0.25, 0.3) is 0 Å². The minimum Gasteiger partial charge on any atom is -0.493 e. The van der Waals surface area contributed by atoms with Gasteiger partial charge in [-0.1, -0.05) is 30.2 Å². The average molecular weight is 371 g/mol. The van der Waals surface area contributed by atoms with Crippen LogP contribution >= 0.6 is 0 Å². The van der Waals surface area contributed by atoms with Gasteiger partial charge in [-0.05, 0) is 36.1 Å². The lowest BCUT2D eigenvalue weighted by Crippen LogP contribution is -2.34. The third kappa shape index (κ3) is 3.16. The van der Waals surface area contributed by atoms with Gasteiger partial charge >= 0.3 is 0 Å². The minimum atomic E-state index is -3.79. The molecule has 0 aromatic heterocycles. The largest absolute Gasteiger partial charge is 0.493 e.